The Morgan fingerprint density at radius 3 is 2.31 bits per heavy atom. The zero-order chi connectivity index (χ0) is 46.2. The lowest BCUT2D eigenvalue weighted by atomic mass is 9.98. The van der Waals surface area contributed by atoms with Crippen LogP contribution in [0, 0.1) is 20.8 Å². The molecule has 0 aliphatic carbocycles. The van der Waals surface area contributed by atoms with Crippen molar-refractivity contribution in [3.8, 4) is 22.6 Å². The van der Waals surface area contributed by atoms with Gasteiger partial charge in [0.15, 0.2) is 6.61 Å². The first-order valence-corrected chi connectivity index (χ1v) is 22.4. The maximum absolute atomic E-state index is 14.6. The van der Waals surface area contributed by atoms with Crippen LogP contribution in [0.15, 0.2) is 66.7 Å². The molecule has 0 radical (unpaired) electrons. The molecule has 0 saturated carbocycles. The number of piperazine rings is 1. The van der Waals surface area contributed by atoms with E-state index in [4.69, 9.17) is 35.6 Å². The average Bonchev–Trinajstić information content (AvgIpc) is 3.90. The van der Waals surface area contributed by atoms with E-state index in [0.29, 0.717) is 86.3 Å². The minimum atomic E-state index is -0.748. The van der Waals surface area contributed by atoms with E-state index in [1.807, 2.05) is 82.7 Å². The summed E-state index contributed by atoms with van der Waals surface area (Å²) in [6, 6.07) is 21.6. The summed E-state index contributed by atoms with van der Waals surface area (Å²) in [6.07, 6.45) is 1.19. The summed E-state index contributed by atoms with van der Waals surface area (Å²) in [5.41, 5.74) is 6.27. The third-order valence-corrected chi connectivity index (χ3v) is 12.4. The molecule has 0 spiro atoms. The number of hydrogen-bond acceptors (Lipinski definition) is 10. The van der Waals surface area contributed by atoms with Gasteiger partial charge in [-0.05, 0) is 89.6 Å². The second kappa shape index (κ2) is 18.6. The summed E-state index contributed by atoms with van der Waals surface area (Å²) in [4.78, 5) is 52.5. The highest BCUT2D eigenvalue weighted by Gasteiger charge is 2.32. The number of aromatic amines is 1. The molecule has 4 aromatic carbocycles. The molecule has 0 bridgehead atoms. The highest BCUT2D eigenvalue weighted by Crippen LogP contribution is 2.42. The number of ether oxygens (including phenoxy) is 4. The van der Waals surface area contributed by atoms with Crippen LogP contribution in [0.5, 0.6) is 11.5 Å². The van der Waals surface area contributed by atoms with Crippen LogP contribution in [-0.2, 0) is 34.3 Å². The van der Waals surface area contributed by atoms with Gasteiger partial charge in [0.1, 0.15) is 39.7 Å². The second-order valence-electron chi connectivity index (χ2n) is 17.6. The Balaban J connectivity index is 1.06. The number of halogens is 1. The Morgan fingerprint density at radius 2 is 1.58 bits per heavy atom. The number of esters is 2. The Hall–Kier alpha value is -6.38. The second-order valence-corrected chi connectivity index (χ2v) is 18.0. The molecule has 1 fully saturated rings. The van der Waals surface area contributed by atoms with Gasteiger partial charge in [-0.15, -0.1) is 0 Å². The summed E-state index contributed by atoms with van der Waals surface area (Å²) in [5, 5.41) is 8.40. The van der Waals surface area contributed by atoms with Gasteiger partial charge < -0.3 is 33.4 Å². The molecule has 14 nitrogen and oxygen atoms in total. The van der Waals surface area contributed by atoms with Gasteiger partial charge in [-0.25, -0.2) is 14.6 Å². The molecule has 1 N–H and O–H groups in total. The molecule has 7 aromatic rings. The van der Waals surface area contributed by atoms with Crippen LogP contribution in [0.25, 0.3) is 43.8 Å². The van der Waals surface area contributed by atoms with E-state index in [1.165, 1.54) is 7.11 Å². The molecule has 340 valence electrons. The summed E-state index contributed by atoms with van der Waals surface area (Å²) in [6.45, 7) is 14.8. The smallest absolute Gasteiger partial charge is 0.355 e. The number of aromatic nitrogens is 5. The fraction of sp³-hybridized carbons (Fsp3) is 0.380. The molecule has 4 heterocycles. The van der Waals surface area contributed by atoms with Crippen molar-refractivity contribution in [3.63, 3.8) is 0 Å². The lowest BCUT2D eigenvalue weighted by Crippen LogP contribution is -2.50. The van der Waals surface area contributed by atoms with Crippen molar-refractivity contribution in [1.82, 2.24) is 34.1 Å². The molecule has 0 atom stereocenters. The predicted octanol–water partition coefficient (Wildman–Crippen LogP) is 8.63. The Morgan fingerprint density at radius 1 is 0.831 bits per heavy atom. The molecule has 1 aliphatic rings. The predicted molar refractivity (Wildman–Crippen MR) is 252 cm³/mol. The minimum Gasteiger partial charge on any atom is -0.493 e. The van der Waals surface area contributed by atoms with Crippen LogP contribution < -0.4 is 9.47 Å². The maximum Gasteiger partial charge on any atom is 0.355 e. The lowest BCUT2D eigenvalue weighted by Gasteiger charge is -2.35. The number of amides is 1. The van der Waals surface area contributed by atoms with Gasteiger partial charge >= 0.3 is 11.9 Å². The largest absolute Gasteiger partial charge is 0.493 e. The van der Waals surface area contributed by atoms with Crippen LogP contribution in [0.1, 0.15) is 70.8 Å². The highest BCUT2D eigenvalue weighted by atomic mass is 35.5. The summed E-state index contributed by atoms with van der Waals surface area (Å²) >= 11 is 7.20. The van der Waals surface area contributed by atoms with E-state index >= 15 is 0 Å². The standard InChI is InChI=1S/C50H56ClN7O7/c1-30-42(31(2)55(7)54-30)43-37(51)19-18-36-35(16-12-28-63-39-17-11-14-33-13-9-10-15-34(33)39)47(49(61)65-50(4,5)6)58(46(36)43)27-24-56-22-25-57(26-23-56)41(59)29-64-40-21-20-38-45(53-32(3)52-38)44(40)48(60)62-8/h9-11,13-15,17-21H,12,16,22-29H2,1-8H3,(H,52,53). The zero-order valence-electron chi connectivity index (χ0n) is 38.3. The van der Waals surface area contributed by atoms with Gasteiger partial charge in [-0.2, -0.15) is 5.10 Å². The number of aryl methyl sites for hydroxylation is 4. The van der Waals surface area contributed by atoms with Gasteiger partial charge in [-0.1, -0.05) is 54.1 Å². The van der Waals surface area contributed by atoms with Crippen molar-refractivity contribution in [3.05, 3.63) is 106 Å². The number of benzene rings is 4. The van der Waals surface area contributed by atoms with Crippen molar-refractivity contribution in [2.24, 2.45) is 7.05 Å². The quantitative estimate of drug-likeness (QED) is 0.0832. The van der Waals surface area contributed by atoms with Crippen LogP contribution in [0.4, 0.5) is 0 Å². The number of hydrogen-bond donors (Lipinski definition) is 1. The van der Waals surface area contributed by atoms with Gasteiger partial charge in [0.25, 0.3) is 5.91 Å². The number of H-pyrrole nitrogens is 1. The van der Waals surface area contributed by atoms with Crippen LogP contribution in [0.2, 0.25) is 5.02 Å². The first kappa shape index (κ1) is 45.2. The van der Waals surface area contributed by atoms with E-state index in [-0.39, 0.29) is 23.8 Å². The van der Waals surface area contributed by atoms with Gasteiger partial charge in [0.2, 0.25) is 0 Å². The summed E-state index contributed by atoms with van der Waals surface area (Å²) in [5.74, 6) is 0.491. The van der Waals surface area contributed by atoms with E-state index in [0.717, 1.165) is 55.5 Å². The zero-order valence-corrected chi connectivity index (χ0v) is 39.1. The van der Waals surface area contributed by atoms with Gasteiger partial charge in [0.05, 0.1) is 35.5 Å². The number of fused-ring (bicyclic) bond motifs is 3. The fourth-order valence-electron chi connectivity index (χ4n) is 8.95. The molecular formula is C50H56ClN7O7. The van der Waals surface area contributed by atoms with Crippen molar-refractivity contribution in [2.75, 3.05) is 53.0 Å². The monoisotopic (exact) mass is 901 g/mol. The number of rotatable bonds is 14. The first-order chi connectivity index (χ1) is 31.1. The van der Waals surface area contributed by atoms with Crippen molar-refractivity contribution >= 4 is 62.2 Å². The molecule has 1 aliphatic heterocycles. The first-order valence-electron chi connectivity index (χ1n) is 22.0. The van der Waals surface area contributed by atoms with E-state index in [1.54, 1.807) is 24.0 Å². The highest BCUT2D eigenvalue weighted by molar-refractivity contribution is 6.35. The Labute approximate surface area is 383 Å². The Bertz CT molecular complexity index is 2930. The lowest BCUT2D eigenvalue weighted by molar-refractivity contribution is -0.135. The van der Waals surface area contributed by atoms with Crippen molar-refractivity contribution < 1.29 is 33.3 Å². The number of methoxy groups -OCH3 is 1. The van der Waals surface area contributed by atoms with E-state index in [9.17, 15) is 14.4 Å². The fourth-order valence-corrected chi connectivity index (χ4v) is 9.19. The topological polar surface area (TPSA) is 146 Å². The molecule has 0 unspecified atom stereocenters. The number of imidazole rings is 1. The molecule has 1 saturated heterocycles. The minimum absolute atomic E-state index is 0.172. The number of carbonyl (C=O) groups is 3. The maximum atomic E-state index is 14.6. The van der Waals surface area contributed by atoms with Crippen LogP contribution >= 0.6 is 11.6 Å². The molecule has 3 aromatic heterocycles. The third-order valence-electron chi connectivity index (χ3n) is 12.0. The van der Waals surface area contributed by atoms with Gasteiger partial charge in [0, 0.05) is 73.9 Å². The molecule has 8 rings (SSSR count). The molecule has 1 amide bonds. The van der Waals surface area contributed by atoms with Gasteiger partial charge in [-0.3, -0.25) is 14.4 Å². The molecule has 15 heteroatoms. The van der Waals surface area contributed by atoms with Crippen LogP contribution in [0.3, 0.4) is 0 Å². The number of nitrogens with one attached hydrogen (secondary N) is 1. The van der Waals surface area contributed by atoms with Crippen LogP contribution in [-0.4, -0.2) is 111 Å². The summed E-state index contributed by atoms with van der Waals surface area (Å²) in [7, 11) is 3.22. The van der Waals surface area contributed by atoms with Crippen molar-refractivity contribution in [2.45, 2.75) is 66.5 Å². The average molecular weight is 902 g/mol. The Kier molecular flexibility index (Phi) is 12.9. The van der Waals surface area contributed by atoms with Crippen molar-refractivity contribution in [1.29, 1.82) is 0 Å². The molecule has 65 heavy (non-hydrogen) atoms. The molecular weight excluding hydrogens is 846 g/mol. The number of nitrogens with zero attached hydrogens (tertiary/aromatic N) is 6. The SMILES string of the molecule is COC(=O)c1c(OCC(=O)N2CCN(CCn3c(C(=O)OC(C)(C)C)c(CCCOc4cccc5ccccc45)c4ccc(Cl)c(-c5c(C)nn(C)c5C)c43)CC2)ccc2[nH]c(C)nc12. The van der Waals surface area contributed by atoms with E-state index in [2.05, 4.69) is 37.6 Å². The third kappa shape index (κ3) is 9.28. The number of carbonyl (C=O) groups excluding carboxylic acids is 3. The summed E-state index contributed by atoms with van der Waals surface area (Å²) < 4.78 is 27.5. The normalized spacial score (nSPS) is 13.5. The van der Waals surface area contributed by atoms with E-state index < -0.39 is 17.5 Å².